The lowest BCUT2D eigenvalue weighted by molar-refractivity contribution is -0.274. The molecular formula is C14H15F3N4O3S. The van der Waals surface area contributed by atoms with Gasteiger partial charge >= 0.3 is 6.36 Å². The molecule has 0 saturated carbocycles. The lowest BCUT2D eigenvalue weighted by Crippen LogP contribution is -2.42. The Morgan fingerprint density at radius 1 is 1.24 bits per heavy atom. The van der Waals surface area contributed by atoms with Crippen LogP contribution < -0.4 is 9.04 Å². The molecule has 1 aliphatic heterocycles. The van der Waals surface area contributed by atoms with Crippen molar-refractivity contribution in [1.29, 1.82) is 0 Å². The number of anilines is 1. The van der Waals surface area contributed by atoms with Gasteiger partial charge in [0.2, 0.25) is 16.0 Å². The van der Waals surface area contributed by atoms with Crippen LogP contribution in [0.5, 0.6) is 5.75 Å². The molecule has 0 bridgehead atoms. The minimum absolute atomic E-state index is 0.0616. The van der Waals surface area contributed by atoms with Gasteiger partial charge in [-0.3, -0.25) is 0 Å². The first-order valence-corrected chi connectivity index (χ1v) is 8.98. The zero-order chi connectivity index (χ0) is 18.2. The Balaban J connectivity index is 1.78. The summed E-state index contributed by atoms with van der Waals surface area (Å²) in [4.78, 5) is 3.99. The highest BCUT2D eigenvalue weighted by Gasteiger charge is 2.33. The Morgan fingerprint density at radius 2 is 1.92 bits per heavy atom. The Hall–Kier alpha value is -2.30. The van der Waals surface area contributed by atoms with E-state index in [1.165, 1.54) is 27.4 Å². The van der Waals surface area contributed by atoms with Crippen LogP contribution in [-0.4, -0.2) is 36.1 Å². The molecular weight excluding hydrogens is 361 g/mol. The van der Waals surface area contributed by atoms with Gasteiger partial charge < -0.3 is 4.74 Å². The van der Waals surface area contributed by atoms with E-state index in [9.17, 15) is 21.6 Å². The average Bonchev–Trinajstić information content (AvgIpc) is 2.94. The summed E-state index contributed by atoms with van der Waals surface area (Å²) in [5, 5.41) is 4.00. The van der Waals surface area contributed by atoms with Crippen LogP contribution in [0.3, 0.4) is 0 Å². The van der Waals surface area contributed by atoms with Crippen molar-refractivity contribution in [2.75, 3.05) is 10.8 Å². The molecule has 0 amide bonds. The Kier molecular flexibility index (Phi) is 4.35. The summed E-state index contributed by atoms with van der Waals surface area (Å²) in [5.41, 5.74) is 0.346. The van der Waals surface area contributed by atoms with Crippen LogP contribution in [0.1, 0.15) is 12.5 Å². The van der Waals surface area contributed by atoms with Crippen molar-refractivity contribution in [3.05, 3.63) is 36.2 Å². The molecule has 1 atom stereocenters. The number of aromatic nitrogens is 3. The van der Waals surface area contributed by atoms with Gasteiger partial charge in [-0.05, 0) is 23.6 Å². The van der Waals surface area contributed by atoms with Gasteiger partial charge in [0, 0.05) is 13.1 Å². The van der Waals surface area contributed by atoms with Gasteiger partial charge in [0.05, 0.1) is 5.75 Å². The van der Waals surface area contributed by atoms with Crippen LogP contribution in [0.15, 0.2) is 30.6 Å². The smallest absolute Gasteiger partial charge is 0.406 e. The van der Waals surface area contributed by atoms with Crippen molar-refractivity contribution in [3.63, 3.8) is 0 Å². The summed E-state index contributed by atoms with van der Waals surface area (Å²) in [6.45, 7) is 2.75. The van der Waals surface area contributed by atoms with E-state index >= 15 is 0 Å². The molecule has 0 spiro atoms. The van der Waals surface area contributed by atoms with E-state index < -0.39 is 22.1 Å². The number of halogens is 3. The highest BCUT2D eigenvalue weighted by atomic mass is 32.2. The highest BCUT2D eigenvalue weighted by Crippen LogP contribution is 2.27. The summed E-state index contributed by atoms with van der Waals surface area (Å²) in [6, 6.07) is 4.74. The third-order valence-corrected chi connectivity index (χ3v) is 5.30. The zero-order valence-electron chi connectivity index (χ0n) is 13.1. The number of alkyl halides is 3. The second kappa shape index (κ2) is 6.21. The van der Waals surface area contributed by atoms with E-state index in [-0.39, 0.29) is 24.2 Å². The van der Waals surface area contributed by atoms with Crippen LogP contribution in [0, 0.1) is 5.92 Å². The van der Waals surface area contributed by atoms with Crippen LogP contribution >= 0.6 is 0 Å². The second-order valence-corrected chi connectivity index (χ2v) is 7.72. The minimum Gasteiger partial charge on any atom is -0.406 e. The molecule has 0 saturated heterocycles. The molecule has 25 heavy (non-hydrogen) atoms. The lowest BCUT2D eigenvalue weighted by Gasteiger charge is -2.30. The quantitative estimate of drug-likeness (QED) is 0.817. The number of rotatable bonds is 4. The second-order valence-electron chi connectivity index (χ2n) is 5.83. The molecule has 1 aromatic heterocycles. The Labute approximate surface area is 142 Å². The van der Waals surface area contributed by atoms with E-state index in [0.717, 1.165) is 12.1 Å². The fraction of sp³-hybridized carbons (Fsp3) is 0.429. The molecule has 0 aliphatic carbocycles. The standard InChI is InChI=1S/C14H15F3N4O3S/c1-10-6-20-13(18-9-19-20)21(7-10)25(22,23)8-11-2-4-12(5-3-11)24-14(15,16)17/h2-5,9-10H,6-8H2,1H3. The molecule has 3 rings (SSSR count). The number of benzene rings is 1. The lowest BCUT2D eigenvalue weighted by atomic mass is 10.1. The van der Waals surface area contributed by atoms with Crippen molar-refractivity contribution in [2.45, 2.75) is 25.6 Å². The maximum absolute atomic E-state index is 12.7. The maximum Gasteiger partial charge on any atom is 0.573 e. The molecule has 0 radical (unpaired) electrons. The summed E-state index contributed by atoms with van der Waals surface area (Å²) < 4.78 is 68.4. The Morgan fingerprint density at radius 3 is 2.56 bits per heavy atom. The molecule has 2 aromatic rings. The molecule has 136 valence electrons. The van der Waals surface area contributed by atoms with Gasteiger partial charge in [-0.15, -0.1) is 13.2 Å². The number of hydrogen-bond acceptors (Lipinski definition) is 5. The molecule has 0 N–H and O–H groups in total. The van der Waals surface area contributed by atoms with E-state index in [2.05, 4.69) is 14.8 Å². The van der Waals surface area contributed by atoms with Gasteiger partial charge in [0.1, 0.15) is 12.1 Å². The topological polar surface area (TPSA) is 77.3 Å². The monoisotopic (exact) mass is 376 g/mol. The molecule has 1 aliphatic rings. The summed E-state index contributed by atoms with van der Waals surface area (Å²) in [7, 11) is -3.75. The van der Waals surface area contributed by atoms with Gasteiger partial charge in [-0.25, -0.2) is 17.4 Å². The number of sulfonamides is 1. The zero-order valence-corrected chi connectivity index (χ0v) is 14.0. The third kappa shape index (κ3) is 4.03. The fourth-order valence-corrected chi connectivity index (χ4v) is 4.25. The summed E-state index contributed by atoms with van der Waals surface area (Å²) >= 11 is 0. The van der Waals surface area contributed by atoms with Gasteiger partial charge in [-0.2, -0.15) is 10.1 Å². The first-order valence-electron chi connectivity index (χ1n) is 7.37. The number of fused-ring (bicyclic) bond motifs is 1. The summed E-state index contributed by atoms with van der Waals surface area (Å²) in [5.74, 6) is -0.458. The predicted molar refractivity (Wildman–Crippen MR) is 82.3 cm³/mol. The molecule has 1 unspecified atom stereocenters. The van der Waals surface area contributed by atoms with E-state index in [1.807, 2.05) is 6.92 Å². The third-order valence-electron chi connectivity index (χ3n) is 3.62. The fourth-order valence-electron chi connectivity index (χ4n) is 2.61. The van der Waals surface area contributed by atoms with Crippen molar-refractivity contribution in [1.82, 2.24) is 14.8 Å². The van der Waals surface area contributed by atoms with Crippen molar-refractivity contribution < 1.29 is 26.3 Å². The van der Waals surface area contributed by atoms with Crippen LogP contribution in [0.4, 0.5) is 19.1 Å². The number of hydrogen-bond donors (Lipinski definition) is 0. The Bertz CT molecular complexity index is 849. The van der Waals surface area contributed by atoms with Crippen LogP contribution in [-0.2, 0) is 22.3 Å². The first-order chi connectivity index (χ1) is 11.6. The molecule has 1 aromatic carbocycles. The van der Waals surface area contributed by atoms with E-state index in [0.29, 0.717) is 12.1 Å². The van der Waals surface area contributed by atoms with Crippen molar-refractivity contribution >= 4 is 16.0 Å². The molecule has 2 heterocycles. The minimum atomic E-state index is -4.79. The SMILES string of the molecule is CC1CN(S(=O)(=O)Cc2ccc(OC(F)(F)F)cc2)c2ncnn2C1. The predicted octanol–water partition coefficient (Wildman–Crippen LogP) is 2.16. The van der Waals surface area contributed by atoms with Crippen molar-refractivity contribution in [3.8, 4) is 5.75 Å². The van der Waals surface area contributed by atoms with E-state index in [4.69, 9.17) is 0 Å². The van der Waals surface area contributed by atoms with Gasteiger partial charge in [0.25, 0.3) is 0 Å². The van der Waals surface area contributed by atoms with Gasteiger partial charge in [-0.1, -0.05) is 19.1 Å². The van der Waals surface area contributed by atoms with E-state index in [1.54, 1.807) is 0 Å². The summed E-state index contributed by atoms with van der Waals surface area (Å²) in [6.07, 6.45) is -3.50. The van der Waals surface area contributed by atoms with Crippen LogP contribution in [0.25, 0.3) is 0 Å². The van der Waals surface area contributed by atoms with Crippen LogP contribution in [0.2, 0.25) is 0 Å². The number of nitrogens with zero attached hydrogens (tertiary/aromatic N) is 4. The van der Waals surface area contributed by atoms with Crippen molar-refractivity contribution in [2.24, 2.45) is 5.92 Å². The maximum atomic E-state index is 12.7. The average molecular weight is 376 g/mol. The highest BCUT2D eigenvalue weighted by molar-refractivity contribution is 7.92. The molecule has 11 heteroatoms. The normalized spacial score (nSPS) is 18.1. The van der Waals surface area contributed by atoms with Gasteiger partial charge in [0.15, 0.2) is 0 Å². The first kappa shape index (κ1) is 17.5. The molecule has 0 fully saturated rings. The largest absolute Gasteiger partial charge is 0.573 e. The molecule has 7 nitrogen and oxygen atoms in total. The number of ether oxygens (including phenoxy) is 1.